The summed E-state index contributed by atoms with van der Waals surface area (Å²) >= 11 is 5.60. The molecule has 1 saturated carbocycles. The van der Waals surface area contributed by atoms with Crippen LogP contribution in [0.4, 0.5) is 0 Å². The number of aromatic nitrogens is 1. The Bertz CT molecular complexity index is 641. The van der Waals surface area contributed by atoms with E-state index < -0.39 is 0 Å². The van der Waals surface area contributed by atoms with Gasteiger partial charge in [0.15, 0.2) is 5.11 Å². The first-order chi connectivity index (χ1) is 11.3. The molecule has 1 N–H and O–H groups in total. The highest BCUT2D eigenvalue weighted by atomic mass is 32.1. The molecule has 5 heteroatoms. The van der Waals surface area contributed by atoms with Gasteiger partial charge in [-0.3, -0.25) is 4.98 Å². The first-order valence-electron chi connectivity index (χ1n) is 7.83. The average molecular weight is 327 g/mol. The van der Waals surface area contributed by atoms with Crippen molar-refractivity contribution in [2.75, 3.05) is 7.11 Å². The van der Waals surface area contributed by atoms with E-state index in [1.807, 2.05) is 36.5 Å². The predicted molar refractivity (Wildman–Crippen MR) is 95.2 cm³/mol. The Balaban J connectivity index is 1.58. The third-order valence-corrected chi connectivity index (χ3v) is 4.29. The zero-order valence-corrected chi connectivity index (χ0v) is 14.1. The Morgan fingerprint density at radius 1 is 1.26 bits per heavy atom. The molecule has 0 saturated heterocycles. The number of methoxy groups -OCH3 is 1. The van der Waals surface area contributed by atoms with Gasteiger partial charge in [0.25, 0.3) is 0 Å². The smallest absolute Gasteiger partial charge is 0.169 e. The lowest BCUT2D eigenvalue weighted by Gasteiger charge is -2.25. The topological polar surface area (TPSA) is 37.4 Å². The number of pyridine rings is 1. The minimum absolute atomic E-state index is 0.549. The van der Waals surface area contributed by atoms with Gasteiger partial charge >= 0.3 is 0 Å². The van der Waals surface area contributed by atoms with Crippen LogP contribution in [0.5, 0.6) is 5.75 Å². The van der Waals surface area contributed by atoms with E-state index in [9.17, 15) is 0 Å². The Morgan fingerprint density at radius 3 is 2.65 bits per heavy atom. The quantitative estimate of drug-likeness (QED) is 0.825. The predicted octanol–water partition coefficient (Wildman–Crippen LogP) is 3.13. The second kappa shape index (κ2) is 7.42. The molecule has 1 fully saturated rings. The summed E-state index contributed by atoms with van der Waals surface area (Å²) in [6.07, 6.45) is 4.24. The standard InChI is InChI=1S/C18H21N3OS/c1-22-17-9-5-14(6-10-17)12-20-18(23)21(16-7-8-16)13-15-4-2-3-11-19-15/h2-6,9-11,16H,7-8,12-13H2,1H3,(H,20,23). The van der Waals surface area contributed by atoms with Gasteiger partial charge in [-0.2, -0.15) is 0 Å². The Labute approximate surface area is 142 Å². The SMILES string of the molecule is COc1ccc(CNC(=S)N(Cc2ccccn2)C2CC2)cc1. The first-order valence-corrected chi connectivity index (χ1v) is 8.24. The number of rotatable bonds is 6. The third-order valence-electron chi connectivity index (χ3n) is 3.91. The molecule has 0 bridgehead atoms. The van der Waals surface area contributed by atoms with Crippen molar-refractivity contribution in [1.82, 2.24) is 15.2 Å². The molecular formula is C18H21N3OS. The average Bonchev–Trinajstić information content (AvgIpc) is 3.44. The van der Waals surface area contributed by atoms with E-state index in [0.717, 1.165) is 23.1 Å². The summed E-state index contributed by atoms with van der Waals surface area (Å²) in [7, 11) is 1.67. The summed E-state index contributed by atoms with van der Waals surface area (Å²) in [6.45, 7) is 1.48. The molecule has 0 unspecified atom stereocenters. The van der Waals surface area contributed by atoms with Crippen LogP contribution in [0.25, 0.3) is 0 Å². The lowest BCUT2D eigenvalue weighted by Crippen LogP contribution is -2.40. The molecule has 4 nitrogen and oxygen atoms in total. The molecular weight excluding hydrogens is 306 g/mol. The van der Waals surface area contributed by atoms with Crippen LogP contribution in [-0.4, -0.2) is 28.1 Å². The summed E-state index contributed by atoms with van der Waals surface area (Å²) in [4.78, 5) is 6.66. The lowest BCUT2D eigenvalue weighted by atomic mass is 10.2. The number of hydrogen-bond acceptors (Lipinski definition) is 3. The first kappa shape index (κ1) is 15.7. The van der Waals surface area contributed by atoms with Crippen molar-refractivity contribution in [3.8, 4) is 5.75 Å². The summed E-state index contributed by atoms with van der Waals surface area (Å²) in [5.74, 6) is 0.867. The van der Waals surface area contributed by atoms with Gasteiger partial charge in [-0.1, -0.05) is 18.2 Å². The van der Waals surface area contributed by atoms with Crippen molar-refractivity contribution in [3.63, 3.8) is 0 Å². The third kappa shape index (κ3) is 4.42. The van der Waals surface area contributed by atoms with Crippen LogP contribution < -0.4 is 10.1 Å². The second-order valence-electron chi connectivity index (χ2n) is 5.69. The van der Waals surface area contributed by atoms with Crippen LogP contribution in [-0.2, 0) is 13.1 Å². The number of thiocarbonyl (C=S) groups is 1. The van der Waals surface area contributed by atoms with Gasteiger partial charge in [-0.15, -0.1) is 0 Å². The molecule has 1 aromatic heterocycles. The van der Waals surface area contributed by atoms with Gasteiger partial charge in [0.05, 0.1) is 19.3 Å². The molecule has 23 heavy (non-hydrogen) atoms. The monoisotopic (exact) mass is 327 g/mol. The molecule has 120 valence electrons. The van der Waals surface area contributed by atoms with Gasteiger partial charge in [0.1, 0.15) is 5.75 Å². The lowest BCUT2D eigenvalue weighted by molar-refractivity contribution is 0.390. The van der Waals surface area contributed by atoms with Gasteiger partial charge in [0, 0.05) is 18.8 Å². The maximum atomic E-state index is 5.60. The molecule has 0 aliphatic heterocycles. The van der Waals surface area contributed by atoms with Crippen LogP contribution in [0.3, 0.4) is 0 Å². The minimum Gasteiger partial charge on any atom is -0.497 e. The van der Waals surface area contributed by atoms with Crippen LogP contribution >= 0.6 is 12.2 Å². The molecule has 1 aliphatic carbocycles. The number of nitrogens with zero attached hydrogens (tertiary/aromatic N) is 2. The van der Waals surface area contributed by atoms with E-state index in [-0.39, 0.29) is 0 Å². The van der Waals surface area contributed by atoms with Crippen LogP contribution in [0.1, 0.15) is 24.1 Å². The summed E-state index contributed by atoms with van der Waals surface area (Å²) in [6, 6.07) is 14.6. The van der Waals surface area contributed by atoms with Crippen LogP contribution in [0.2, 0.25) is 0 Å². The number of benzene rings is 1. The highest BCUT2D eigenvalue weighted by molar-refractivity contribution is 7.80. The Hall–Kier alpha value is -2.14. The van der Waals surface area contributed by atoms with Gasteiger partial charge in [0.2, 0.25) is 0 Å². The van der Waals surface area contributed by atoms with E-state index in [1.54, 1.807) is 7.11 Å². The molecule has 0 atom stereocenters. The number of hydrogen-bond donors (Lipinski definition) is 1. The van der Waals surface area contributed by atoms with E-state index in [1.165, 1.54) is 18.4 Å². The number of ether oxygens (including phenoxy) is 1. The molecule has 0 amide bonds. The minimum atomic E-state index is 0.549. The summed E-state index contributed by atoms with van der Waals surface area (Å²) < 4.78 is 5.18. The van der Waals surface area contributed by atoms with E-state index in [2.05, 4.69) is 27.3 Å². The Kier molecular flexibility index (Phi) is 5.08. The van der Waals surface area contributed by atoms with Crippen molar-refractivity contribution in [2.24, 2.45) is 0 Å². The van der Waals surface area contributed by atoms with E-state index in [4.69, 9.17) is 17.0 Å². The van der Waals surface area contributed by atoms with E-state index in [0.29, 0.717) is 12.6 Å². The van der Waals surface area contributed by atoms with E-state index >= 15 is 0 Å². The molecule has 1 aromatic carbocycles. The molecule has 1 heterocycles. The fourth-order valence-corrected chi connectivity index (χ4v) is 2.73. The fourth-order valence-electron chi connectivity index (χ4n) is 2.44. The molecule has 1 aliphatic rings. The van der Waals surface area contributed by atoms with Crippen molar-refractivity contribution >= 4 is 17.3 Å². The van der Waals surface area contributed by atoms with Gasteiger partial charge < -0.3 is 15.0 Å². The molecule has 2 aromatic rings. The highest BCUT2D eigenvalue weighted by Crippen LogP contribution is 2.28. The molecule has 0 spiro atoms. The fraction of sp³-hybridized carbons (Fsp3) is 0.333. The molecule has 3 rings (SSSR count). The van der Waals surface area contributed by atoms with Crippen LogP contribution in [0.15, 0.2) is 48.7 Å². The highest BCUT2D eigenvalue weighted by Gasteiger charge is 2.30. The van der Waals surface area contributed by atoms with Crippen molar-refractivity contribution in [1.29, 1.82) is 0 Å². The molecule has 0 radical (unpaired) electrons. The normalized spacial score (nSPS) is 13.4. The maximum absolute atomic E-state index is 5.60. The zero-order valence-electron chi connectivity index (χ0n) is 13.2. The van der Waals surface area contributed by atoms with Gasteiger partial charge in [-0.25, -0.2) is 0 Å². The maximum Gasteiger partial charge on any atom is 0.169 e. The second-order valence-corrected chi connectivity index (χ2v) is 6.07. The zero-order chi connectivity index (χ0) is 16.1. The van der Waals surface area contributed by atoms with Crippen molar-refractivity contribution in [2.45, 2.75) is 32.0 Å². The summed E-state index contributed by atoms with van der Waals surface area (Å²) in [5.41, 5.74) is 2.23. The van der Waals surface area contributed by atoms with Crippen LogP contribution in [0, 0.1) is 0 Å². The van der Waals surface area contributed by atoms with Crippen molar-refractivity contribution in [3.05, 3.63) is 59.9 Å². The van der Waals surface area contributed by atoms with Crippen molar-refractivity contribution < 1.29 is 4.74 Å². The largest absolute Gasteiger partial charge is 0.497 e. The summed E-state index contributed by atoms with van der Waals surface area (Å²) in [5, 5.41) is 4.17. The number of nitrogens with one attached hydrogen (secondary N) is 1. The Morgan fingerprint density at radius 2 is 2.04 bits per heavy atom. The van der Waals surface area contributed by atoms with Gasteiger partial charge in [-0.05, 0) is 54.9 Å².